The molecule has 2 N–H and O–H groups in total. The lowest BCUT2D eigenvalue weighted by Gasteiger charge is -2.44. The van der Waals surface area contributed by atoms with Crippen molar-refractivity contribution < 1.29 is 14.3 Å². The summed E-state index contributed by atoms with van der Waals surface area (Å²) in [6.45, 7) is 4.49. The van der Waals surface area contributed by atoms with Crippen LogP contribution in [-0.2, 0) is 4.79 Å². The van der Waals surface area contributed by atoms with E-state index in [-0.39, 0.29) is 11.8 Å². The Labute approximate surface area is 124 Å². The monoisotopic (exact) mass is 291 g/mol. The van der Waals surface area contributed by atoms with Crippen molar-refractivity contribution in [3.05, 3.63) is 23.8 Å². The van der Waals surface area contributed by atoms with Crippen molar-refractivity contribution in [3.63, 3.8) is 0 Å². The molecule has 2 rings (SSSR count). The molecule has 0 spiro atoms. The highest BCUT2D eigenvalue weighted by Gasteiger charge is 2.43. The Morgan fingerprint density at radius 1 is 1.33 bits per heavy atom. The number of carbonyl (C=O) groups excluding carboxylic acids is 2. The third-order valence-corrected chi connectivity index (χ3v) is 3.90. The zero-order valence-corrected chi connectivity index (χ0v) is 12.8. The van der Waals surface area contributed by atoms with E-state index in [0.29, 0.717) is 30.1 Å². The number of methoxy groups -OCH3 is 1. The van der Waals surface area contributed by atoms with Crippen LogP contribution in [0, 0.1) is 0 Å². The Balaban J connectivity index is 2.40. The van der Waals surface area contributed by atoms with Crippen LogP contribution < -0.4 is 10.5 Å². The quantitative estimate of drug-likeness (QED) is 0.824. The van der Waals surface area contributed by atoms with Gasteiger partial charge in [-0.05, 0) is 32.0 Å². The molecule has 2 amide bonds. The maximum Gasteiger partial charge on any atom is 0.258 e. The van der Waals surface area contributed by atoms with Gasteiger partial charge in [-0.25, -0.2) is 0 Å². The zero-order valence-electron chi connectivity index (χ0n) is 12.8. The number of ether oxygens (including phenoxy) is 1. The Hall–Kier alpha value is -2.24. The molecule has 0 radical (unpaired) electrons. The van der Waals surface area contributed by atoms with Crippen molar-refractivity contribution in [2.45, 2.75) is 19.4 Å². The van der Waals surface area contributed by atoms with Crippen molar-refractivity contribution in [2.24, 2.45) is 0 Å². The molecule has 114 valence electrons. The predicted octanol–water partition coefficient (Wildman–Crippen LogP) is 0.970. The van der Waals surface area contributed by atoms with Gasteiger partial charge in [0.05, 0.1) is 12.7 Å². The fraction of sp³-hybridized carbons (Fsp3) is 0.467. The number of amides is 2. The molecule has 1 aromatic rings. The number of nitrogen functional groups attached to an aromatic ring is 1. The molecule has 1 aromatic carbocycles. The van der Waals surface area contributed by atoms with Crippen LogP contribution in [0.15, 0.2) is 18.2 Å². The second-order valence-electron chi connectivity index (χ2n) is 5.70. The molecule has 0 unspecified atom stereocenters. The van der Waals surface area contributed by atoms with Gasteiger partial charge in [0.25, 0.3) is 5.91 Å². The van der Waals surface area contributed by atoms with Gasteiger partial charge in [0, 0.05) is 25.8 Å². The summed E-state index contributed by atoms with van der Waals surface area (Å²) in [4.78, 5) is 28.3. The van der Waals surface area contributed by atoms with Gasteiger partial charge in [0.15, 0.2) is 0 Å². The van der Waals surface area contributed by atoms with Crippen LogP contribution in [0.1, 0.15) is 24.2 Å². The Kier molecular flexibility index (Phi) is 3.80. The topological polar surface area (TPSA) is 75.9 Å². The molecule has 1 aliphatic rings. The van der Waals surface area contributed by atoms with Gasteiger partial charge in [-0.3, -0.25) is 9.59 Å². The summed E-state index contributed by atoms with van der Waals surface area (Å²) in [5, 5.41) is 0. The van der Waals surface area contributed by atoms with E-state index in [2.05, 4.69) is 0 Å². The summed E-state index contributed by atoms with van der Waals surface area (Å²) in [7, 11) is 3.25. The molecule has 1 fully saturated rings. The maximum absolute atomic E-state index is 12.8. The number of hydrogen-bond acceptors (Lipinski definition) is 4. The number of benzene rings is 1. The van der Waals surface area contributed by atoms with Crippen molar-refractivity contribution in [3.8, 4) is 5.75 Å². The highest BCUT2D eigenvalue weighted by atomic mass is 16.5. The summed E-state index contributed by atoms with van der Waals surface area (Å²) in [5.41, 5.74) is 5.74. The smallest absolute Gasteiger partial charge is 0.258 e. The molecule has 0 saturated carbocycles. The van der Waals surface area contributed by atoms with Crippen LogP contribution in [-0.4, -0.2) is 54.4 Å². The summed E-state index contributed by atoms with van der Waals surface area (Å²) in [6, 6.07) is 4.92. The van der Waals surface area contributed by atoms with Gasteiger partial charge in [0.1, 0.15) is 11.3 Å². The minimum atomic E-state index is -0.889. The zero-order chi connectivity index (χ0) is 15.8. The van der Waals surface area contributed by atoms with Gasteiger partial charge >= 0.3 is 0 Å². The molecular weight excluding hydrogens is 270 g/mol. The Morgan fingerprint density at radius 2 is 2.00 bits per heavy atom. The van der Waals surface area contributed by atoms with Crippen LogP contribution in [0.4, 0.5) is 5.69 Å². The SMILES string of the molecule is COc1ccc(N)cc1C(=O)N1CCN(C)C(=O)C1(C)C. The summed E-state index contributed by atoms with van der Waals surface area (Å²) in [5.74, 6) is 0.131. The first-order valence-electron chi connectivity index (χ1n) is 6.80. The molecule has 0 atom stereocenters. The van der Waals surface area contributed by atoms with E-state index < -0.39 is 5.54 Å². The van der Waals surface area contributed by atoms with Crippen LogP contribution in [0.2, 0.25) is 0 Å². The van der Waals surface area contributed by atoms with E-state index in [1.165, 1.54) is 7.11 Å². The molecule has 1 heterocycles. The van der Waals surface area contributed by atoms with Crippen molar-refractivity contribution >= 4 is 17.5 Å². The van der Waals surface area contributed by atoms with E-state index in [0.717, 1.165) is 0 Å². The molecule has 6 heteroatoms. The number of hydrogen-bond donors (Lipinski definition) is 1. The molecule has 6 nitrogen and oxygen atoms in total. The molecule has 21 heavy (non-hydrogen) atoms. The Bertz CT molecular complexity index is 584. The third kappa shape index (κ3) is 2.53. The number of nitrogens with zero attached hydrogens (tertiary/aromatic N) is 2. The Morgan fingerprint density at radius 3 is 2.62 bits per heavy atom. The average molecular weight is 291 g/mol. The highest BCUT2D eigenvalue weighted by Crippen LogP contribution is 2.28. The third-order valence-electron chi connectivity index (χ3n) is 3.90. The maximum atomic E-state index is 12.8. The van der Waals surface area contributed by atoms with E-state index >= 15 is 0 Å². The van der Waals surface area contributed by atoms with Crippen molar-refractivity contribution in [2.75, 3.05) is 33.0 Å². The van der Waals surface area contributed by atoms with Gasteiger partial charge in [-0.15, -0.1) is 0 Å². The number of piperazine rings is 1. The molecule has 0 aliphatic carbocycles. The van der Waals surface area contributed by atoms with Crippen molar-refractivity contribution in [1.82, 2.24) is 9.80 Å². The van der Waals surface area contributed by atoms with Crippen LogP contribution >= 0.6 is 0 Å². The largest absolute Gasteiger partial charge is 0.496 e. The standard InChI is InChI=1S/C15H21N3O3/c1-15(2)14(20)17(3)7-8-18(15)13(19)11-9-10(16)5-6-12(11)21-4/h5-6,9H,7-8,16H2,1-4H3. The average Bonchev–Trinajstić information content (AvgIpc) is 2.44. The number of anilines is 1. The van der Waals surface area contributed by atoms with Crippen LogP contribution in [0.3, 0.4) is 0 Å². The molecule has 1 saturated heterocycles. The van der Waals surface area contributed by atoms with E-state index in [9.17, 15) is 9.59 Å². The number of likely N-dealkylation sites (N-methyl/N-ethyl adjacent to an activating group) is 1. The molecule has 1 aliphatic heterocycles. The number of nitrogens with two attached hydrogens (primary N) is 1. The first-order chi connectivity index (χ1) is 9.78. The fourth-order valence-electron chi connectivity index (χ4n) is 2.61. The minimum Gasteiger partial charge on any atom is -0.496 e. The van der Waals surface area contributed by atoms with Crippen LogP contribution in [0.25, 0.3) is 0 Å². The predicted molar refractivity (Wildman–Crippen MR) is 80.2 cm³/mol. The van der Waals surface area contributed by atoms with Crippen LogP contribution in [0.5, 0.6) is 5.75 Å². The van der Waals surface area contributed by atoms with E-state index in [1.54, 1.807) is 48.9 Å². The number of rotatable bonds is 2. The molecule has 0 aromatic heterocycles. The second-order valence-corrected chi connectivity index (χ2v) is 5.70. The normalized spacial score (nSPS) is 17.8. The lowest BCUT2D eigenvalue weighted by Crippen LogP contribution is -2.63. The summed E-state index contributed by atoms with van der Waals surface area (Å²) >= 11 is 0. The molecular formula is C15H21N3O3. The number of carbonyl (C=O) groups is 2. The van der Waals surface area contributed by atoms with Gasteiger partial charge in [0.2, 0.25) is 5.91 Å². The summed E-state index contributed by atoms with van der Waals surface area (Å²) < 4.78 is 5.23. The first kappa shape index (κ1) is 15.2. The fourth-order valence-corrected chi connectivity index (χ4v) is 2.61. The first-order valence-corrected chi connectivity index (χ1v) is 6.80. The van der Waals surface area contributed by atoms with E-state index in [1.807, 2.05) is 0 Å². The summed E-state index contributed by atoms with van der Waals surface area (Å²) in [6.07, 6.45) is 0. The van der Waals surface area contributed by atoms with Gasteiger partial charge in [-0.2, -0.15) is 0 Å². The van der Waals surface area contributed by atoms with Gasteiger partial charge < -0.3 is 20.3 Å². The minimum absolute atomic E-state index is 0.0787. The van der Waals surface area contributed by atoms with Crippen molar-refractivity contribution in [1.29, 1.82) is 0 Å². The second kappa shape index (κ2) is 5.27. The lowest BCUT2D eigenvalue weighted by atomic mass is 9.96. The molecule has 0 bridgehead atoms. The van der Waals surface area contributed by atoms with E-state index in [4.69, 9.17) is 10.5 Å². The lowest BCUT2D eigenvalue weighted by molar-refractivity contribution is -0.144. The highest BCUT2D eigenvalue weighted by molar-refractivity contribution is 6.02. The van der Waals surface area contributed by atoms with Gasteiger partial charge in [-0.1, -0.05) is 0 Å².